The van der Waals surface area contributed by atoms with Crippen molar-refractivity contribution in [2.24, 2.45) is 11.8 Å². The molecule has 156 valence electrons. The fourth-order valence-corrected chi connectivity index (χ4v) is 5.35. The molecule has 2 unspecified atom stereocenters. The molecular weight excluding hydrogens is 398 g/mol. The predicted octanol–water partition coefficient (Wildman–Crippen LogP) is 0.781. The van der Waals surface area contributed by atoms with Gasteiger partial charge in [-0.2, -0.15) is 0 Å². The van der Waals surface area contributed by atoms with Crippen LogP contribution < -0.4 is 10.6 Å². The Kier molecular flexibility index (Phi) is 5.27. The van der Waals surface area contributed by atoms with Crippen LogP contribution in [0.2, 0.25) is 5.02 Å². The van der Waals surface area contributed by atoms with Gasteiger partial charge in [-0.25, -0.2) is 0 Å². The third-order valence-corrected chi connectivity index (χ3v) is 6.62. The highest BCUT2D eigenvalue weighted by atomic mass is 35.5. The molecule has 3 fully saturated rings. The smallest absolute Gasteiger partial charge is 0.250 e. The van der Waals surface area contributed by atoms with Gasteiger partial charge in [-0.3, -0.25) is 14.4 Å². The van der Waals surface area contributed by atoms with Crippen molar-refractivity contribution in [2.75, 3.05) is 25.5 Å². The third kappa shape index (κ3) is 3.01. The number of aliphatic hydroxyl groups is 1. The number of rotatable bonds is 6. The number of anilines is 1. The van der Waals surface area contributed by atoms with Crippen molar-refractivity contribution in [1.29, 1.82) is 0 Å². The Morgan fingerprint density at radius 2 is 2.10 bits per heavy atom. The molecule has 3 aliphatic rings. The van der Waals surface area contributed by atoms with E-state index in [0.29, 0.717) is 30.0 Å². The highest BCUT2D eigenvalue weighted by Gasteiger charge is 2.74. The number of hydrogen-bond acceptors (Lipinski definition) is 5. The van der Waals surface area contributed by atoms with E-state index in [0.717, 1.165) is 0 Å². The van der Waals surface area contributed by atoms with E-state index in [1.54, 1.807) is 24.3 Å². The number of nitrogens with zero attached hydrogens (tertiary/aromatic N) is 1. The molecular formula is C20H24ClN3O5. The molecule has 3 saturated heterocycles. The molecule has 0 aliphatic carbocycles. The van der Waals surface area contributed by atoms with Gasteiger partial charge in [0.25, 0.3) is 0 Å². The summed E-state index contributed by atoms with van der Waals surface area (Å²) in [6.07, 6.45) is 1.10. The normalized spacial score (nSPS) is 32.4. The maximum atomic E-state index is 13.4. The maximum absolute atomic E-state index is 13.4. The predicted molar refractivity (Wildman–Crippen MR) is 105 cm³/mol. The maximum Gasteiger partial charge on any atom is 0.250 e. The minimum atomic E-state index is -1.04. The fourth-order valence-electron chi connectivity index (χ4n) is 5.17. The van der Waals surface area contributed by atoms with Gasteiger partial charge in [-0.05, 0) is 31.4 Å². The minimum Gasteiger partial charge on any atom is -0.396 e. The first-order valence-corrected chi connectivity index (χ1v) is 10.2. The topological polar surface area (TPSA) is 108 Å². The monoisotopic (exact) mass is 421 g/mol. The van der Waals surface area contributed by atoms with E-state index in [1.807, 2.05) is 0 Å². The lowest BCUT2D eigenvalue weighted by molar-refractivity contribution is -0.140. The van der Waals surface area contributed by atoms with Crippen LogP contribution in [0.1, 0.15) is 19.3 Å². The zero-order chi connectivity index (χ0) is 20.8. The van der Waals surface area contributed by atoms with Gasteiger partial charge >= 0.3 is 0 Å². The highest BCUT2D eigenvalue weighted by Crippen LogP contribution is 2.58. The average molecular weight is 422 g/mol. The summed E-state index contributed by atoms with van der Waals surface area (Å²) < 4.78 is 6.22. The summed E-state index contributed by atoms with van der Waals surface area (Å²) in [6.45, 7) is 0.103. The van der Waals surface area contributed by atoms with Crippen LogP contribution in [0, 0.1) is 11.8 Å². The van der Waals surface area contributed by atoms with E-state index in [1.165, 1.54) is 11.9 Å². The number of halogens is 1. The number of amides is 3. The minimum absolute atomic E-state index is 0.108. The lowest BCUT2D eigenvalue weighted by Crippen LogP contribution is -2.53. The number of nitrogens with one attached hydrogen (secondary N) is 2. The lowest BCUT2D eigenvalue weighted by atomic mass is 9.70. The zero-order valence-corrected chi connectivity index (χ0v) is 16.8. The molecule has 3 aliphatic heterocycles. The fraction of sp³-hybridized carbons (Fsp3) is 0.550. The number of hydrogen-bond donors (Lipinski definition) is 3. The number of carbonyl (C=O) groups is 3. The van der Waals surface area contributed by atoms with Gasteiger partial charge < -0.3 is 25.4 Å². The number of benzene rings is 1. The number of likely N-dealkylation sites (tertiary alicyclic amines) is 1. The van der Waals surface area contributed by atoms with Crippen molar-refractivity contribution in [1.82, 2.24) is 10.2 Å². The average Bonchev–Trinajstić information content (AvgIpc) is 3.35. The molecule has 1 spiro atoms. The van der Waals surface area contributed by atoms with Gasteiger partial charge in [0.15, 0.2) is 0 Å². The first-order chi connectivity index (χ1) is 13.9. The molecule has 0 radical (unpaired) electrons. The van der Waals surface area contributed by atoms with Crippen LogP contribution in [0.5, 0.6) is 0 Å². The van der Waals surface area contributed by atoms with Crippen LogP contribution in [0.4, 0.5) is 5.69 Å². The number of carbonyl (C=O) groups excluding carboxylic acids is 3. The first kappa shape index (κ1) is 20.1. The molecule has 3 amide bonds. The van der Waals surface area contributed by atoms with Crippen LogP contribution in [0.25, 0.3) is 0 Å². The number of para-hydroxylation sites is 1. The van der Waals surface area contributed by atoms with E-state index in [-0.39, 0.29) is 31.1 Å². The summed E-state index contributed by atoms with van der Waals surface area (Å²) in [6, 6.07) is 5.98. The van der Waals surface area contributed by atoms with E-state index in [9.17, 15) is 19.5 Å². The Bertz CT molecular complexity index is 849. The molecule has 1 aromatic rings. The highest BCUT2D eigenvalue weighted by molar-refractivity contribution is 6.33. The Balaban J connectivity index is 1.70. The summed E-state index contributed by atoms with van der Waals surface area (Å²) in [5.74, 6) is -2.24. The molecule has 3 heterocycles. The first-order valence-electron chi connectivity index (χ1n) is 9.80. The summed E-state index contributed by atoms with van der Waals surface area (Å²) in [5, 5.41) is 15.1. The Morgan fingerprint density at radius 1 is 1.34 bits per heavy atom. The second-order valence-corrected chi connectivity index (χ2v) is 8.16. The second-order valence-electron chi connectivity index (χ2n) is 7.75. The molecule has 9 heteroatoms. The van der Waals surface area contributed by atoms with E-state index < -0.39 is 29.4 Å². The van der Waals surface area contributed by atoms with Gasteiger partial charge in [-0.15, -0.1) is 0 Å². The molecule has 2 bridgehead atoms. The SMILES string of the molecule is CNC(=O)[C@@H]1[C@@H]2CCC3(O2)C(C(=O)Nc2ccccc2Cl)N(CCCO)C(=O)[C@H]13. The van der Waals surface area contributed by atoms with Gasteiger partial charge in [0.1, 0.15) is 11.6 Å². The molecule has 3 N–H and O–H groups in total. The molecule has 0 saturated carbocycles. The van der Waals surface area contributed by atoms with Crippen LogP contribution in [-0.4, -0.2) is 65.7 Å². The Hall–Kier alpha value is -2.16. The van der Waals surface area contributed by atoms with Gasteiger partial charge in [0.05, 0.1) is 28.6 Å². The molecule has 8 nitrogen and oxygen atoms in total. The standard InChI is InChI=1S/C20H24ClN3O5/c1-22-17(26)14-13-7-8-20(29-13)15(14)19(28)24(9-4-10-25)16(20)18(27)23-12-6-3-2-5-11(12)21/h2-3,5-6,13-16,25H,4,7-10H2,1H3,(H,22,26)(H,23,27)/t13-,14+,15-,16?,20?/m0/s1. The Morgan fingerprint density at radius 3 is 2.79 bits per heavy atom. The van der Waals surface area contributed by atoms with Crippen molar-refractivity contribution in [3.63, 3.8) is 0 Å². The summed E-state index contributed by atoms with van der Waals surface area (Å²) in [4.78, 5) is 40.6. The summed E-state index contributed by atoms with van der Waals surface area (Å²) >= 11 is 6.18. The van der Waals surface area contributed by atoms with Crippen LogP contribution in [0.15, 0.2) is 24.3 Å². The van der Waals surface area contributed by atoms with Crippen molar-refractivity contribution in [3.8, 4) is 0 Å². The second kappa shape index (κ2) is 7.59. The summed E-state index contributed by atoms with van der Waals surface area (Å²) in [7, 11) is 1.53. The van der Waals surface area contributed by atoms with Gasteiger partial charge in [0, 0.05) is 20.2 Å². The zero-order valence-electron chi connectivity index (χ0n) is 16.1. The van der Waals surface area contributed by atoms with E-state index >= 15 is 0 Å². The summed E-state index contributed by atoms with van der Waals surface area (Å²) in [5.41, 5.74) is -0.594. The quantitative estimate of drug-likeness (QED) is 0.629. The molecule has 29 heavy (non-hydrogen) atoms. The number of aliphatic hydroxyl groups excluding tert-OH is 1. The van der Waals surface area contributed by atoms with Crippen LogP contribution >= 0.6 is 11.6 Å². The molecule has 0 aromatic heterocycles. The van der Waals surface area contributed by atoms with Gasteiger partial charge in [0.2, 0.25) is 17.7 Å². The van der Waals surface area contributed by atoms with Gasteiger partial charge in [-0.1, -0.05) is 23.7 Å². The van der Waals surface area contributed by atoms with Crippen LogP contribution in [-0.2, 0) is 19.1 Å². The van der Waals surface area contributed by atoms with Crippen molar-refractivity contribution < 1.29 is 24.2 Å². The van der Waals surface area contributed by atoms with Crippen molar-refractivity contribution >= 4 is 35.0 Å². The molecule has 1 aromatic carbocycles. The third-order valence-electron chi connectivity index (χ3n) is 6.29. The van der Waals surface area contributed by atoms with Crippen molar-refractivity contribution in [2.45, 2.75) is 37.0 Å². The lowest BCUT2D eigenvalue weighted by Gasteiger charge is -2.33. The van der Waals surface area contributed by atoms with E-state index in [4.69, 9.17) is 16.3 Å². The number of ether oxygens (including phenoxy) is 1. The van der Waals surface area contributed by atoms with Crippen molar-refractivity contribution in [3.05, 3.63) is 29.3 Å². The molecule has 4 rings (SSSR count). The Labute approximate surface area is 173 Å². The van der Waals surface area contributed by atoms with E-state index in [2.05, 4.69) is 10.6 Å². The molecule has 5 atom stereocenters. The largest absolute Gasteiger partial charge is 0.396 e. The number of fused-ring (bicyclic) bond motifs is 1. The van der Waals surface area contributed by atoms with Crippen LogP contribution in [0.3, 0.4) is 0 Å².